The normalized spacial score (nSPS) is 17.3. The quantitative estimate of drug-likeness (QED) is 0.260. The van der Waals surface area contributed by atoms with Crippen LogP contribution in [0.5, 0.6) is 0 Å². The van der Waals surface area contributed by atoms with E-state index in [-0.39, 0.29) is 6.17 Å². The summed E-state index contributed by atoms with van der Waals surface area (Å²) in [6.07, 6.45) is 9.31. The fraction of sp³-hybridized carbons (Fsp3) is 0.382. The number of benzene rings is 3. The molecule has 2 aliphatic rings. The highest BCUT2D eigenvalue weighted by Gasteiger charge is 2.30. The SMILES string of the molecule is CC(N(Cc1ccccc1)Cc1ccccc1)n1c2c(c3cc(C4CCCCC4)ccc31)CCCC2=O. The molecule has 0 aliphatic heterocycles. The Morgan fingerprint density at radius 1 is 0.811 bits per heavy atom. The van der Waals surface area contributed by atoms with Crippen molar-refractivity contribution >= 4 is 16.7 Å². The summed E-state index contributed by atoms with van der Waals surface area (Å²) in [7, 11) is 0. The van der Waals surface area contributed by atoms with Gasteiger partial charge >= 0.3 is 0 Å². The first-order chi connectivity index (χ1) is 18.2. The van der Waals surface area contributed by atoms with E-state index in [1.165, 1.54) is 65.3 Å². The van der Waals surface area contributed by atoms with Gasteiger partial charge in [-0.05, 0) is 72.9 Å². The lowest BCUT2D eigenvalue weighted by atomic mass is 9.83. The fourth-order valence-electron chi connectivity index (χ4n) is 6.70. The molecule has 0 radical (unpaired) electrons. The first-order valence-corrected chi connectivity index (χ1v) is 14.2. The number of hydrogen-bond acceptors (Lipinski definition) is 2. The second kappa shape index (κ2) is 10.7. The molecule has 3 nitrogen and oxygen atoms in total. The minimum atomic E-state index is 0.0502. The van der Waals surface area contributed by atoms with Gasteiger partial charge in [-0.1, -0.05) is 86.0 Å². The maximum absolute atomic E-state index is 13.5. The maximum atomic E-state index is 13.5. The van der Waals surface area contributed by atoms with Crippen LogP contribution in [0.1, 0.15) is 96.7 Å². The van der Waals surface area contributed by atoms with Crippen molar-refractivity contribution in [1.29, 1.82) is 0 Å². The number of fused-ring (bicyclic) bond motifs is 3. The van der Waals surface area contributed by atoms with Crippen LogP contribution in [-0.4, -0.2) is 15.3 Å². The van der Waals surface area contributed by atoms with Crippen molar-refractivity contribution in [2.45, 2.75) is 83.5 Å². The molecule has 6 rings (SSSR count). The molecule has 1 aromatic heterocycles. The Labute approximate surface area is 221 Å². The summed E-state index contributed by atoms with van der Waals surface area (Å²) in [5.74, 6) is 0.976. The van der Waals surface area contributed by atoms with Crippen molar-refractivity contribution in [3.05, 3.63) is 107 Å². The van der Waals surface area contributed by atoms with Crippen molar-refractivity contribution in [3.63, 3.8) is 0 Å². The molecule has 1 unspecified atom stereocenters. The van der Waals surface area contributed by atoms with E-state index in [0.717, 1.165) is 31.6 Å². The first-order valence-electron chi connectivity index (χ1n) is 14.2. The van der Waals surface area contributed by atoms with Crippen molar-refractivity contribution in [1.82, 2.24) is 9.47 Å². The van der Waals surface area contributed by atoms with Gasteiger partial charge in [0.15, 0.2) is 5.78 Å². The third-order valence-corrected chi connectivity index (χ3v) is 8.66. The highest BCUT2D eigenvalue weighted by atomic mass is 16.1. The molecule has 37 heavy (non-hydrogen) atoms. The van der Waals surface area contributed by atoms with Crippen LogP contribution in [0, 0.1) is 0 Å². The number of carbonyl (C=O) groups excluding carboxylic acids is 1. The molecule has 3 heteroatoms. The average Bonchev–Trinajstić information content (AvgIpc) is 3.29. The van der Waals surface area contributed by atoms with E-state index in [9.17, 15) is 4.79 Å². The van der Waals surface area contributed by atoms with Crippen LogP contribution < -0.4 is 0 Å². The molecule has 4 aromatic rings. The molecule has 0 bridgehead atoms. The van der Waals surface area contributed by atoms with E-state index < -0.39 is 0 Å². The number of rotatable bonds is 7. The molecule has 0 amide bonds. The third kappa shape index (κ3) is 4.90. The van der Waals surface area contributed by atoms with E-state index in [4.69, 9.17) is 0 Å². The van der Waals surface area contributed by atoms with Crippen LogP contribution in [0.3, 0.4) is 0 Å². The van der Waals surface area contributed by atoms with Gasteiger partial charge in [-0.2, -0.15) is 0 Å². The molecule has 0 saturated heterocycles. The van der Waals surface area contributed by atoms with Gasteiger partial charge in [-0.3, -0.25) is 9.69 Å². The molecule has 0 N–H and O–H groups in total. The van der Waals surface area contributed by atoms with Crippen molar-refractivity contribution in [3.8, 4) is 0 Å². The van der Waals surface area contributed by atoms with Gasteiger partial charge < -0.3 is 4.57 Å². The Bertz CT molecular complexity index is 1320. The minimum Gasteiger partial charge on any atom is -0.322 e. The van der Waals surface area contributed by atoms with E-state index in [1.807, 2.05) is 0 Å². The van der Waals surface area contributed by atoms with E-state index in [0.29, 0.717) is 18.1 Å². The second-order valence-corrected chi connectivity index (χ2v) is 11.1. The first kappa shape index (κ1) is 24.2. The molecular weight excluding hydrogens is 452 g/mol. The number of hydrogen-bond donors (Lipinski definition) is 0. The minimum absolute atomic E-state index is 0.0502. The lowest BCUT2D eigenvalue weighted by Crippen LogP contribution is -2.32. The predicted octanol–water partition coefficient (Wildman–Crippen LogP) is 8.43. The molecule has 1 saturated carbocycles. The zero-order chi connectivity index (χ0) is 25.2. The lowest BCUT2D eigenvalue weighted by molar-refractivity contribution is 0.0935. The number of aryl methyl sites for hydroxylation is 1. The topological polar surface area (TPSA) is 25.2 Å². The predicted molar refractivity (Wildman–Crippen MR) is 152 cm³/mol. The van der Waals surface area contributed by atoms with Gasteiger partial charge in [-0.25, -0.2) is 0 Å². The zero-order valence-corrected chi connectivity index (χ0v) is 22.0. The van der Waals surface area contributed by atoms with E-state index in [2.05, 4.69) is 95.3 Å². The summed E-state index contributed by atoms with van der Waals surface area (Å²) < 4.78 is 2.38. The van der Waals surface area contributed by atoms with E-state index >= 15 is 0 Å². The van der Waals surface area contributed by atoms with Gasteiger partial charge in [0.2, 0.25) is 0 Å². The molecule has 1 atom stereocenters. The molecule has 190 valence electrons. The summed E-state index contributed by atoms with van der Waals surface area (Å²) >= 11 is 0. The summed E-state index contributed by atoms with van der Waals surface area (Å²) in [6, 6.07) is 28.6. The number of ketones is 1. The molecule has 0 spiro atoms. The summed E-state index contributed by atoms with van der Waals surface area (Å²) in [4.78, 5) is 16.0. The zero-order valence-electron chi connectivity index (χ0n) is 22.0. The maximum Gasteiger partial charge on any atom is 0.179 e. The summed E-state index contributed by atoms with van der Waals surface area (Å²) in [6.45, 7) is 3.95. The number of aromatic nitrogens is 1. The fourth-order valence-corrected chi connectivity index (χ4v) is 6.70. The van der Waals surface area contributed by atoms with Crippen molar-refractivity contribution in [2.24, 2.45) is 0 Å². The van der Waals surface area contributed by atoms with Crippen LogP contribution in [0.15, 0.2) is 78.9 Å². The Morgan fingerprint density at radius 3 is 2.11 bits per heavy atom. The van der Waals surface area contributed by atoms with Crippen molar-refractivity contribution in [2.75, 3.05) is 0 Å². The third-order valence-electron chi connectivity index (χ3n) is 8.66. The monoisotopic (exact) mass is 490 g/mol. The lowest BCUT2D eigenvalue weighted by Gasteiger charge is -2.32. The molecule has 1 fully saturated rings. The number of nitrogens with zero attached hydrogens (tertiary/aromatic N) is 2. The second-order valence-electron chi connectivity index (χ2n) is 11.1. The van der Waals surface area contributed by atoms with Gasteiger partial charge in [0, 0.05) is 24.9 Å². The van der Waals surface area contributed by atoms with Crippen LogP contribution in [-0.2, 0) is 19.5 Å². The standard InChI is InChI=1S/C34H38N2O/c1-25(35(23-26-12-5-2-6-13-26)24-27-14-7-3-8-15-27)36-32-21-20-29(28-16-9-4-10-17-28)22-31(32)30-18-11-19-33(37)34(30)36/h2-3,5-8,12-15,20-22,25,28H,4,9-11,16-19,23-24H2,1H3. The van der Waals surface area contributed by atoms with E-state index in [1.54, 1.807) is 0 Å². The molecule has 1 heterocycles. The highest BCUT2D eigenvalue weighted by molar-refractivity contribution is 6.04. The van der Waals surface area contributed by atoms with Crippen LogP contribution in [0.2, 0.25) is 0 Å². The van der Waals surface area contributed by atoms with Crippen LogP contribution in [0.25, 0.3) is 10.9 Å². The number of Topliss-reactive ketones (excluding diaryl/α,β-unsaturated/α-hetero) is 1. The summed E-state index contributed by atoms with van der Waals surface area (Å²) in [5, 5.41) is 1.32. The summed E-state index contributed by atoms with van der Waals surface area (Å²) in [5.41, 5.74) is 7.53. The van der Waals surface area contributed by atoms with Gasteiger partial charge in [0.05, 0.1) is 17.4 Å². The van der Waals surface area contributed by atoms with Crippen LogP contribution >= 0.6 is 0 Å². The van der Waals surface area contributed by atoms with Gasteiger partial charge in [-0.15, -0.1) is 0 Å². The largest absolute Gasteiger partial charge is 0.322 e. The highest BCUT2D eigenvalue weighted by Crippen LogP contribution is 2.40. The number of carbonyl (C=O) groups is 1. The Morgan fingerprint density at radius 2 is 1.46 bits per heavy atom. The Kier molecular flexibility index (Phi) is 6.97. The smallest absolute Gasteiger partial charge is 0.179 e. The van der Waals surface area contributed by atoms with Gasteiger partial charge in [0.25, 0.3) is 0 Å². The van der Waals surface area contributed by atoms with Gasteiger partial charge in [0.1, 0.15) is 0 Å². The Balaban J connectivity index is 1.44. The molecule has 3 aromatic carbocycles. The molecular formula is C34H38N2O. The average molecular weight is 491 g/mol. The van der Waals surface area contributed by atoms with Crippen LogP contribution in [0.4, 0.5) is 0 Å². The van der Waals surface area contributed by atoms with Crippen molar-refractivity contribution < 1.29 is 4.79 Å². The Hall–Kier alpha value is -3.17. The molecule has 2 aliphatic carbocycles.